The molecule has 0 heterocycles. The molecule has 0 rings (SSSR count). The number of ether oxygens (including phenoxy) is 2. The molecule has 330 valence electrons. The van der Waals surface area contributed by atoms with Gasteiger partial charge in [-0.1, -0.05) is 184 Å². The van der Waals surface area contributed by atoms with Gasteiger partial charge in [-0.05, 0) is 57.8 Å². The molecule has 0 aliphatic carbocycles. The highest BCUT2D eigenvalue weighted by atomic mass is 31.2. The molecule has 0 spiro atoms. The van der Waals surface area contributed by atoms with Crippen LogP contribution in [0.5, 0.6) is 0 Å². The van der Waals surface area contributed by atoms with E-state index in [1.807, 2.05) is 30.4 Å². The van der Waals surface area contributed by atoms with Crippen molar-refractivity contribution < 1.29 is 37.6 Å². The number of carbonyl (C=O) groups is 2. The van der Waals surface area contributed by atoms with E-state index in [1.165, 1.54) is 103 Å². The normalized spacial score (nSPS) is 13.8. The summed E-state index contributed by atoms with van der Waals surface area (Å²) in [5.74, 6) is -0.857. The van der Waals surface area contributed by atoms with E-state index < -0.39 is 32.5 Å². The Morgan fingerprint density at radius 1 is 0.544 bits per heavy atom. The van der Waals surface area contributed by atoms with Crippen molar-refractivity contribution in [2.24, 2.45) is 5.73 Å². The lowest BCUT2D eigenvalue weighted by Gasteiger charge is -2.19. The predicted molar refractivity (Wildman–Crippen MR) is 238 cm³/mol. The highest BCUT2D eigenvalue weighted by Crippen LogP contribution is 2.43. The van der Waals surface area contributed by atoms with Crippen molar-refractivity contribution in [2.75, 3.05) is 26.4 Å². The average molecular weight is 822 g/mol. The lowest BCUT2D eigenvalue weighted by atomic mass is 10.0. The van der Waals surface area contributed by atoms with Crippen molar-refractivity contribution >= 4 is 19.8 Å². The summed E-state index contributed by atoms with van der Waals surface area (Å²) >= 11 is 0. The van der Waals surface area contributed by atoms with Crippen molar-refractivity contribution in [2.45, 2.75) is 200 Å². The van der Waals surface area contributed by atoms with E-state index in [0.29, 0.717) is 6.42 Å². The van der Waals surface area contributed by atoms with Gasteiger partial charge in [-0.25, -0.2) is 4.57 Å². The van der Waals surface area contributed by atoms with E-state index in [0.717, 1.165) is 57.8 Å². The molecule has 2 atom stereocenters. The summed E-state index contributed by atoms with van der Waals surface area (Å²) in [5.41, 5.74) is 5.35. The van der Waals surface area contributed by atoms with Gasteiger partial charge in [-0.15, -0.1) is 0 Å². The van der Waals surface area contributed by atoms with Gasteiger partial charge in [0.2, 0.25) is 0 Å². The number of phosphoric acid groups is 1. The van der Waals surface area contributed by atoms with Crippen LogP contribution in [0.25, 0.3) is 0 Å². The molecule has 0 amide bonds. The maximum atomic E-state index is 12.6. The number of unbranched alkanes of at least 4 members (excludes halogenated alkanes) is 22. The minimum Gasteiger partial charge on any atom is -0.462 e. The Morgan fingerprint density at radius 3 is 1.49 bits per heavy atom. The summed E-state index contributed by atoms with van der Waals surface area (Å²) in [7, 11) is -4.39. The molecule has 0 aliphatic heterocycles. The molecular weight excluding hydrogens is 737 g/mol. The van der Waals surface area contributed by atoms with Crippen LogP contribution in [0, 0.1) is 0 Å². The minimum absolute atomic E-state index is 0.0467. The van der Waals surface area contributed by atoms with E-state index in [2.05, 4.69) is 44.2 Å². The van der Waals surface area contributed by atoms with Crippen LogP contribution < -0.4 is 5.73 Å². The number of esters is 2. The van der Waals surface area contributed by atoms with Crippen LogP contribution in [0.3, 0.4) is 0 Å². The summed E-state index contributed by atoms with van der Waals surface area (Å²) < 4.78 is 32.8. The van der Waals surface area contributed by atoms with Gasteiger partial charge in [0.25, 0.3) is 0 Å². The fraction of sp³-hybridized carbons (Fsp3) is 0.745. The van der Waals surface area contributed by atoms with Crippen LogP contribution in [-0.2, 0) is 32.7 Å². The third kappa shape index (κ3) is 43.1. The van der Waals surface area contributed by atoms with Gasteiger partial charge in [0, 0.05) is 19.4 Å². The van der Waals surface area contributed by atoms with Crippen molar-refractivity contribution in [3.05, 3.63) is 60.8 Å². The molecule has 0 aromatic carbocycles. The molecule has 10 heteroatoms. The SMILES string of the molecule is CC/C=C/C=C/C=C/C=C/CCCCCCCC(=O)O[C@@H](COC(=O)CCCCCCCCCCCCC/C=C/CCCCCCCC)COP(=O)(O)OCCN. The van der Waals surface area contributed by atoms with E-state index in [-0.39, 0.29) is 32.6 Å². The van der Waals surface area contributed by atoms with Crippen LogP contribution in [0.15, 0.2) is 60.8 Å². The van der Waals surface area contributed by atoms with E-state index in [9.17, 15) is 19.0 Å². The summed E-state index contributed by atoms with van der Waals surface area (Å²) in [4.78, 5) is 34.9. The Kier molecular flexibility index (Phi) is 41.6. The maximum absolute atomic E-state index is 12.6. The molecule has 1 unspecified atom stereocenters. The predicted octanol–water partition coefficient (Wildman–Crippen LogP) is 13.3. The second-order valence-corrected chi connectivity index (χ2v) is 16.4. The summed E-state index contributed by atoms with van der Waals surface area (Å²) in [6.07, 6.45) is 51.1. The third-order valence-corrected chi connectivity index (χ3v) is 10.5. The number of phosphoric ester groups is 1. The lowest BCUT2D eigenvalue weighted by Crippen LogP contribution is -2.29. The minimum atomic E-state index is -4.39. The first kappa shape index (κ1) is 54.7. The highest BCUT2D eigenvalue weighted by Gasteiger charge is 2.26. The molecule has 0 aromatic rings. The quantitative estimate of drug-likeness (QED) is 0.0203. The van der Waals surface area contributed by atoms with Crippen molar-refractivity contribution in [3.63, 3.8) is 0 Å². The van der Waals surface area contributed by atoms with Gasteiger partial charge in [-0.2, -0.15) is 0 Å². The topological polar surface area (TPSA) is 134 Å². The number of nitrogens with two attached hydrogens (primary N) is 1. The Balaban J connectivity index is 4.11. The Labute approximate surface area is 349 Å². The van der Waals surface area contributed by atoms with Gasteiger partial charge in [0.15, 0.2) is 6.10 Å². The zero-order valence-corrected chi connectivity index (χ0v) is 37.2. The van der Waals surface area contributed by atoms with E-state index in [4.69, 9.17) is 24.3 Å². The fourth-order valence-electron chi connectivity index (χ4n) is 6.11. The molecule has 0 radical (unpaired) electrons. The monoisotopic (exact) mass is 822 g/mol. The standard InChI is InChI=1S/C47H84NO8P/c1-3-5-7-9-11-13-15-17-19-20-21-22-23-24-26-27-29-31-33-35-37-39-46(49)53-43-45(44-55-57(51,52)54-42-41-48)56-47(50)40-38-36-34-32-30-28-25-18-16-14-12-10-8-6-4-2/h6,8,10,12,14,16-19,25,45H,3-5,7,9,11,13,15,20-24,26-44,48H2,1-2H3,(H,51,52)/b8-6+,12-10+,16-14+,19-17+,25-18+/t45-/m0/s1. The Morgan fingerprint density at radius 2 is 0.982 bits per heavy atom. The second kappa shape index (κ2) is 43.3. The number of hydrogen-bond donors (Lipinski definition) is 2. The van der Waals surface area contributed by atoms with E-state index in [1.54, 1.807) is 0 Å². The molecule has 57 heavy (non-hydrogen) atoms. The molecule has 0 saturated carbocycles. The zero-order chi connectivity index (χ0) is 41.8. The number of rotatable bonds is 42. The largest absolute Gasteiger partial charge is 0.472 e. The Bertz CT molecular complexity index is 1120. The molecule has 0 fully saturated rings. The molecule has 0 aliphatic rings. The third-order valence-electron chi connectivity index (χ3n) is 9.48. The van der Waals surface area contributed by atoms with Gasteiger partial charge in [0.05, 0.1) is 13.2 Å². The first-order chi connectivity index (χ1) is 27.8. The first-order valence-electron chi connectivity index (χ1n) is 22.8. The molecule has 0 aromatic heterocycles. The summed E-state index contributed by atoms with van der Waals surface area (Å²) in [5, 5.41) is 0. The van der Waals surface area contributed by atoms with Crippen molar-refractivity contribution in [1.82, 2.24) is 0 Å². The molecule has 0 saturated heterocycles. The van der Waals surface area contributed by atoms with Crippen molar-refractivity contribution in [1.29, 1.82) is 0 Å². The van der Waals surface area contributed by atoms with Gasteiger partial charge >= 0.3 is 19.8 Å². The average Bonchev–Trinajstić information content (AvgIpc) is 3.20. The number of allylic oxidation sites excluding steroid dienone is 10. The summed E-state index contributed by atoms with van der Waals surface area (Å²) in [6.45, 7) is 3.56. The molecule has 0 bridgehead atoms. The maximum Gasteiger partial charge on any atom is 0.472 e. The van der Waals surface area contributed by atoms with Gasteiger partial charge < -0.3 is 20.1 Å². The zero-order valence-electron chi connectivity index (χ0n) is 36.3. The second-order valence-electron chi connectivity index (χ2n) is 15.0. The molecule has 3 N–H and O–H groups in total. The Hall–Kier alpha value is -2.29. The molecular formula is C47H84NO8P. The van der Waals surface area contributed by atoms with Crippen LogP contribution in [-0.4, -0.2) is 49.3 Å². The van der Waals surface area contributed by atoms with Crippen LogP contribution in [0.4, 0.5) is 0 Å². The van der Waals surface area contributed by atoms with Crippen LogP contribution >= 0.6 is 7.82 Å². The number of carbonyl (C=O) groups excluding carboxylic acids is 2. The van der Waals surface area contributed by atoms with Gasteiger partial charge in [-0.3, -0.25) is 18.6 Å². The van der Waals surface area contributed by atoms with Crippen LogP contribution in [0.1, 0.15) is 194 Å². The molecule has 9 nitrogen and oxygen atoms in total. The highest BCUT2D eigenvalue weighted by molar-refractivity contribution is 7.47. The van der Waals surface area contributed by atoms with Crippen molar-refractivity contribution in [3.8, 4) is 0 Å². The summed E-state index contributed by atoms with van der Waals surface area (Å²) in [6, 6.07) is 0. The smallest absolute Gasteiger partial charge is 0.462 e. The fourth-order valence-corrected chi connectivity index (χ4v) is 6.88. The van der Waals surface area contributed by atoms with E-state index >= 15 is 0 Å². The van der Waals surface area contributed by atoms with Crippen LogP contribution in [0.2, 0.25) is 0 Å². The first-order valence-corrected chi connectivity index (χ1v) is 24.3. The lowest BCUT2D eigenvalue weighted by molar-refractivity contribution is -0.161. The number of hydrogen-bond acceptors (Lipinski definition) is 8. The van der Waals surface area contributed by atoms with Gasteiger partial charge in [0.1, 0.15) is 6.61 Å².